The van der Waals surface area contributed by atoms with Crippen molar-refractivity contribution in [3.05, 3.63) is 34.4 Å². The average Bonchev–Trinajstić information content (AvgIpc) is 2.48. The number of para-hydroxylation sites is 1. The van der Waals surface area contributed by atoms with E-state index in [0.29, 0.717) is 0 Å². The van der Waals surface area contributed by atoms with Crippen LogP contribution in [0, 0.1) is 0 Å². The van der Waals surface area contributed by atoms with Crippen LogP contribution in [0.4, 0.5) is 0 Å². The molecule has 0 aliphatic heterocycles. The Morgan fingerprint density at radius 3 is 2.80 bits per heavy atom. The van der Waals surface area contributed by atoms with Crippen LogP contribution in [0.5, 0.6) is 0 Å². The molecule has 0 saturated heterocycles. The molecular formula is C12H15BrN2. The lowest BCUT2D eigenvalue weighted by Gasteiger charge is -2.17. The molecule has 0 radical (unpaired) electrons. The van der Waals surface area contributed by atoms with Gasteiger partial charge in [-0.3, -0.25) is 0 Å². The highest BCUT2D eigenvalue weighted by molar-refractivity contribution is 9.10. The van der Waals surface area contributed by atoms with Crippen molar-refractivity contribution in [3.63, 3.8) is 0 Å². The van der Waals surface area contributed by atoms with E-state index in [1.165, 1.54) is 10.9 Å². The summed E-state index contributed by atoms with van der Waals surface area (Å²) in [7, 11) is 0. The van der Waals surface area contributed by atoms with Crippen LogP contribution in [0.2, 0.25) is 0 Å². The standard InChI is InChI=1S/C12H15BrN2/c1-12(2,14)6-8-7-15-11-9(8)4-3-5-10(11)13/h3-5,7,15H,6,14H2,1-2H3. The van der Waals surface area contributed by atoms with Crippen molar-refractivity contribution in [2.75, 3.05) is 0 Å². The lowest BCUT2D eigenvalue weighted by Crippen LogP contribution is -2.34. The second-order valence-electron chi connectivity index (χ2n) is 4.64. The van der Waals surface area contributed by atoms with Gasteiger partial charge in [-0.15, -0.1) is 0 Å². The molecule has 1 aromatic heterocycles. The average molecular weight is 267 g/mol. The van der Waals surface area contributed by atoms with Gasteiger partial charge in [-0.1, -0.05) is 12.1 Å². The molecule has 0 amide bonds. The second kappa shape index (κ2) is 3.65. The Balaban J connectivity index is 2.50. The summed E-state index contributed by atoms with van der Waals surface area (Å²) in [6.07, 6.45) is 2.92. The van der Waals surface area contributed by atoms with Crippen molar-refractivity contribution in [3.8, 4) is 0 Å². The maximum absolute atomic E-state index is 6.03. The Labute approximate surface area is 98.0 Å². The SMILES string of the molecule is CC(C)(N)Cc1c[nH]c2c(Br)cccc12. The van der Waals surface area contributed by atoms with E-state index in [4.69, 9.17) is 5.73 Å². The molecule has 2 nitrogen and oxygen atoms in total. The van der Waals surface area contributed by atoms with E-state index in [1.807, 2.05) is 32.2 Å². The zero-order valence-corrected chi connectivity index (χ0v) is 10.6. The zero-order chi connectivity index (χ0) is 11.1. The Kier molecular flexibility index (Phi) is 2.61. The van der Waals surface area contributed by atoms with Crippen LogP contribution >= 0.6 is 15.9 Å². The fraction of sp³-hybridized carbons (Fsp3) is 0.333. The van der Waals surface area contributed by atoms with E-state index in [2.05, 4.69) is 27.0 Å². The number of aromatic nitrogens is 1. The summed E-state index contributed by atoms with van der Waals surface area (Å²) >= 11 is 3.53. The van der Waals surface area contributed by atoms with Crippen LogP contribution in [0.25, 0.3) is 10.9 Å². The number of nitrogens with one attached hydrogen (secondary N) is 1. The van der Waals surface area contributed by atoms with Gasteiger partial charge < -0.3 is 10.7 Å². The van der Waals surface area contributed by atoms with Gasteiger partial charge in [0.25, 0.3) is 0 Å². The third kappa shape index (κ3) is 2.24. The molecule has 1 aromatic carbocycles. The molecule has 2 rings (SSSR count). The first-order chi connectivity index (χ1) is 6.97. The molecule has 3 heteroatoms. The van der Waals surface area contributed by atoms with Gasteiger partial charge in [-0.05, 0) is 47.8 Å². The topological polar surface area (TPSA) is 41.8 Å². The summed E-state index contributed by atoms with van der Waals surface area (Å²) in [6, 6.07) is 6.21. The Morgan fingerprint density at radius 2 is 2.13 bits per heavy atom. The molecule has 0 unspecified atom stereocenters. The number of hydrogen-bond acceptors (Lipinski definition) is 1. The van der Waals surface area contributed by atoms with Gasteiger partial charge in [-0.25, -0.2) is 0 Å². The van der Waals surface area contributed by atoms with E-state index >= 15 is 0 Å². The summed E-state index contributed by atoms with van der Waals surface area (Å²) in [5.74, 6) is 0. The molecule has 0 aliphatic carbocycles. The molecule has 15 heavy (non-hydrogen) atoms. The number of aromatic amines is 1. The molecule has 2 aromatic rings. The Hall–Kier alpha value is -0.800. The summed E-state index contributed by atoms with van der Waals surface area (Å²) in [5.41, 5.74) is 8.29. The molecule has 0 bridgehead atoms. The largest absolute Gasteiger partial charge is 0.360 e. The first-order valence-corrected chi connectivity index (χ1v) is 5.80. The molecule has 0 atom stereocenters. The Morgan fingerprint density at radius 1 is 1.40 bits per heavy atom. The van der Waals surface area contributed by atoms with Crippen LogP contribution < -0.4 is 5.73 Å². The monoisotopic (exact) mass is 266 g/mol. The highest BCUT2D eigenvalue weighted by Crippen LogP contribution is 2.27. The number of nitrogens with two attached hydrogens (primary N) is 1. The van der Waals surface area contributed by atoms with Crippen molar-refractivity contribution >= 4 is 26.8 Å². The number of hydrogen-bond donors (Lipinski definition) is 2. The predicted octanol–water partition coefficient (Wildman–Crippen LogP) is 3.21. The van der Waals surface area contributed by atoms with Crippen molar-refractivity contribution < 1.29 is 0 Å². The number of halogens is 1. The fourth-order valence-corrected chi connectivity index (χ4v) is 2.29. The molecule has 0 fully saturated rings. The van der Waals surface area contributed by atoms with Gasteiger partial charge >= 0.3 is 0 Å². The van der Waals surface area contributed by atoms with E-state index in [9.17, 15) is 0 Å². The number of rotatable bonds is 2. The maximum Gasteiger partial charge on any atom is 0.0601 e. The fourth-order valence-electron chi connectivity index (χ4n) is 1.81. The van der Waals surface area contributed by atoms with Crippen LogP contribution in [0.15, 0.2) is 28.9 Å². The highest BCUT2D eigenvalue weighted by atomic mass is 79.9. The number of fused-ring (bicyclic) bond motifs is 1. The summed E-state index contributed by atoms with van der Waals surface area (Å²) in [4.78, 5) is 3.28. The van der Waals surface area contributed by atoms with E-state index in [-0.39, 0.29) is 5.54 Å². The molecular weight excluding hydrogens is 252 g/mol. The third-order valence-electron chi connectivity index (χ3n) is 2.40. The van der Waals surface area contributed by atoms with E-state index in [1.54, 1.807) is 0 Å². The van der Waals surface area contributed by atoms with Crippen LogP contribution in [-0.2, 0) is 6.42 Å². The van der Waals surface area contributed by atoms with Crippen LogP contribution in [0.3, 0.4) is 0 Å². The minimum Gasteiger partial charge on any atom is -0.360 e. The molecule has 0 saturated carbocycles. The normalized spacial score (nSPS) is 12.3. The van der Waals surface area contributed by atoms with Gasteiger partial charge in [0.15, 0.2) is 0 Å². The van der Waals surface area contributed by atoms with E-state index < -0.39 is 0 Å². The lowest BCUT2D eigenvalue weighted by atomic mass is 9.96. The van der Waals surface area contributed by atoms with Crippen molar-refractivity contribution in [1.29, 1.82) is 0 Å². The maximum atomic E-state index is 6.03. The van der Waals surface area contributed by atoms with Gasteiger partial charge in [0, 0.05) is 21.6 Å². The quantitative estimate of drug-likeness (QED) is 0.861. The van der Waals surface area contributed by atoms with Gasteiger partial charge in [-0.2, -0.15) is 0 Å². The van der Waals surface area contributed by atoms with Crippen molar-refractivity contribution in [2.45, 2.75) is 25.8 Å². The zero-order valence-electron chi connectivity index (χ0n) is 8.97. The molecule has 0 spiro atoms. The number of H-pyrrole nitrogens is 1. The molecule has 3 N–H and O–H groups in total. The predicted molar refractivity (Wildman–Crippen MR) is 68.0 cm³/mol. The minimum absolute atomic E-state index is 0.169. The molecule has 1 heterocycles. The van der Waals surface area contributed by atoms with Gasteiger partial charge in [0.1, 0.15) is 0 Å². The lowest BCUT2D eigenvalue weighted by molar-refractivity contribution is 0.518. The van der Waals surface area contributed by atoms with Gasteiger partial charge in [0.2, 0.25) is 0 Å². The third-order valence-corrected chi connectivity index (χ3v) is 3.06. The summed E-state index contributed by atoms with van der Waals surface area (Å²) < 4.78 is 1.10. The van der Waals surface area contributed by atoms with Crippen molar-refractivity contribution in [1.82, 2.24) is 4.98 Å². The van der Waals surface area contributed by atoms with Crippen LogP contribution in [0.1, 0.15) is 19.4 Å². The summed E-state index contributed by atoms with van der Waals surface area (Å²) in [5, 5.41) is 1.25. The number of benzene rings is 1. The Bertz CT molecular complexity index is 480. The summed E-state index contributed by atoms with van der Waals surface area (Å²) in [6.45, 7) is 4.09. The minimum atomic E-state index is -0.169. The van der Waals surface area contributed by atoms with E-state index in [0.717, 1.165) is 16.4 Å². The van der Waals surface area contributed by atoms with Crippen LogP contribution in [-0.4, -0.2) is 10.5 Å². The van der Waals surface area contributed by atoms with Crippen molar-refractivity contribution in [2.24, 2.45) is 5.73 Å². The first-order valence-electron chi connectivity index (χ1n) is 5.01. The second-order valence-corrected chi connectivity index (χ2v) is 5.50. The smallest absolute Gasteiger partial charge is 0.0601 e. The highest BCUT2D eigenvalue weighted by Gasteiger charge is 2.15. The molecule has 80 valence electrons. The molecule has 0 aliphatic rings. The first kappa shape index (κ1) is 10.7. The van der Waals surface area contributed by atoms with Gasteiger partial charge in [0.05, 0.1) is 5.52 Å².